The van der Waals surface area contributed by atoms with Gasteiger partial charge in [-0.2, -0.15) is 4.31 Å². The number of rotatable bonds is 13. The fourth-order valence-corrected chi connectivity index (χ4v) is 4.66. The lowest BCUT2D eigenvalue weighted by Crippen LogP contribution is -2.30. The number of hydrogen-bond donors (Lipinski definition) is 1. The zero-order valence-corrected chi connectivity index (χ0v) is 20.8. The maximum Gasteiger partial charge on any atom is 0.259 e. The first-order valence-corrected chi connectivity index (χ1v) is 12.6. The molecule has 2 aromatic carbocycles. The Balaban J connectivity index is 2.37. The number of sulfonamides is 1. The molecule has 0 saturated carbocycles. The van der Waals surface area contributed by atoms with Gasteiger partial charge in [0.15, 0.2) is 11.5 Å². The number of benzene rings is 2. The summed E-state index contributed by atoms with van der Waals surface area (Å²) in [5, 5.41) is 2.81. The number of nitrogens with zero attached hydrogens (tertiary/aromatic N) is 1. The van der Waals surface area contributed by atoms with Crippen LogP contribution in [0.3, 0.4) is 0 Å². The molecule has 0 radical (unpaired) electrons. The van der Waals surface area contributed by atoms with Crippen molar-refractivity contribution in [2.75, 3.05) is 38.7 Å². The maximum atomic E-state index is 13.1. The van der Waals surface area contributed by atoms with Crippen molar-refractivity contribution in [2.24, 2.45) is 0 Å². The predicted molar refractivity (Wildman–Crippen MR) is 129 cm³/mol. The standard InChI is InChI=1S/C24H34N2O6S/c1-6-14-31-22-12-10-18(16-23(22)32-15-7-2)25-24(27)20-17-19(11-13-21(20)30-5)33(28,29)26(8-3)9-4/h10-13,16-17H,6-9,14-15H2,1-5H3,(H,25,27). The Bertz CT molecular complexity index is 1040. The van der Waals surface area contributed by atoms with Crippen LogP contribution in [0.25, 0.3) is 0 Å². The minimum atomic E-state index is -3.73. The van der Waals surface area contributed by atoms with Gasteiger partial charge in [0.05, 0.1) is 30.8 Å². The SMILES string of the molecule is CCCOc1ccc(NC(=O)c2cc(S(=O)(=O)N(CC)CC)ccc2OC)cc1OCCC. The molecule has 1 N–H and O–H groups in total. The van der Waals surface area contributed by atoms with Crippen LogP contribution in [0.4, 0.5) is 5.69 Å². The van der Waals surface area contributed by atoms with Gasteiger partial charge in [0.2, 0.25) is 10.0 Å². The Morgan fingerprint density at radius 1 is 0.879 bits per heavy atom. The van der Waals surface area contributed by atoms with Gasteiger partial charge in [-0.25, -0.2) is 8.42 Å². The summed E-state index contributed by atoms with van der Waals surface area (Å²) >= 11 is 0. The van der Waals surface area contributed by atoms with E-state index in [-0.39, 0.29) is 16.2 Å². The van der Waals surface area contributed by atoms with Crippen LogP contribution in [0.1, 0.15) is 50.9 Å². The summed E-state index contributed by atoms with van der Waals surface area (Å²) in [6.45, 7) is 9.29. The van der Waals surface area contributed by atoms with Crippen LogP contribution in [-0.2, 0) is 10.0 Å². The number of hydrogen-bond acceptors (Lipinski definition) is 6. The van der Waals surface area contributed by atoms with Gasteiger partial charge in [-0.05, 0) is 43.2 Å². The molecular formula is C24H34N2O6S. The number of anilines is 1. The molecule has 0 atom stereocenters. The predicted octanol–water partition coefficient (Wildman–Crippen LogP) is 4.56. The fourth-order valence-electron chi connectivity index (χ4n) is 3.18. The highest BCUT2D eigenvalue weighted by molar-refractivity contribution is 7.89. The topological polar surface area (TPSA) is 94.2 Å². The fraction of sp³-hybridized carbons (Fsp3) is 0.458. The molecule has 33 heavy (non-hydrogen) atoms. The highest BCUT2D eigenvalue weighted by Crippen LogP contribution is 2.32. The summed E-state index contributed by atoms with van der Waals surface area (Å²) in [6.07, 6.45) is 1.69. The van der Waals surface area contributed by atoms with E-state index in [0.29, 0.717) is 43.5 Å². The molecule has 0 bridgehead atoms. The van der Waals surface area contributed by atoms with Gasteiger partial charge in [-0.1, -0.05) is 27.7 Å². The van der Waals surface area contributed by atoms with Crippen LogP contribution >= 0.6 is 0 Å². The normalized spacial score (nSPS) is 11.3. The molecule has 0 aliphatic rings. The average molecular weight is 479 g/mol. The van der Waals surface area contributed by atoms with E-state index < -0.39 is 15.9 Å². The first-order chi connectivity index (χ1) is 15.8. The van der Waals surface area contributed by atoms with Gasteiger partial charge in [0.1, 0.15) is 5.75 Å². The van der Waals surface area contributed by atoms with Crippen molar-refractivity contribution in [3.8, 4) is 17.2 Å². The van der Waals surface area contributed by atoms with Gasteiger partial charge >= 0.3 is 0 Å². The van der Waals surface area contributed by atoms with Gasteiger partial charge in [0.25, 0.3) is 5.91 Å². The molecule has 0 heterocycles. The number of ether oxygens (including phenoxy) is 3. The zero-order valence-electron chi connectivity index (χ0n) is 20.0. The molecule has 2 rings (SSSR count). The average Bonchev–Trinajstić information content (AvgIpc) is 2.82. The Morgan fingerprint density at radius 2 is 1.48 bits per heavy atom. The third kappa shape index (κ3) is 6.61. The highest BCUT2D eigenvalue weighted by atomic mass is 32.2. The third-order valence-electron chi connectivity index (χ3n) is 4.88. The van der Waals surface area contributed by atoms with E-state index in [1.807, 2.05) is 13.8 Å². The Labute approximate surface area is 196 Å². The summed E-state index contributed by atoms with van der Waals surface area (Å²) in [7, 11) is -2.29. The summed E-state index contributed by atoms with van der Waals surface area (Å²) in [4.78, 5) is 13.1. The number of carbonyl (C=O) groups is 1. The third-order valence-corrected chi connectivity index (χ3v) is 6.93. The molecule has 0 fully saturated rings. The molecule has 9 heteroatoms. The number of carbonyl (C=O) groups excluding carboxylic acids is 1. The quantitative estimate of drug-likeness (QED) is 0.454. The number of methoxy groups -OCH3 is 1. The van der Waals surface area contributed by atoms with E-state index in [1.165, 1.54) is 29.6 Å². The van der Waals surface area contributed by atoms with E-state index in [4.69, 9.17) is 14.2 Å². The van der Waals surface area contributed by atoms with Crippen LogP contribution in [0.2, 0.25) is 0 Å². The van der Waals surface area contributed by atoms with Crippen molar-refractivity contribution in [2.45, 2.75) is 45.4 Å². The van der Waals surface area contributed by atoms with Crippen LogP contribution in [0.5, 0.6) is 17.2 Å². The monoisotopic (exact) mass is 478 g/mol. The molecule has 0 saturated heterocycles. The van der Waals surface area contributed by atoms with E-state index >= 15 is 0 Å². The van der Waals surface area contributed by atoms with Crippen LogP contribution in [0, 0.1) is 0 Å². The van der Waals surface area contributed by atoms with Crippen molar-refractivity contribution in [3.63, 3.8) is 0 Å². The van der Waals surface area contributed by atoms with Crippen molar-refractivity contribution >= 4 is 21.6 Å². The van der Waals surface area contributed by atoms with Crippen molar-refractivity contribution in [1.82, 2.24) is 4.31 Å². The molecule has 0 spiro atoms. The first kappa shape index (κ1) is 26.5. The van der Waals surface area contributed by atoms with Gasteiger partial charge in [0, 0.05) is 24.8 Å². The molecule has 0 unspecified atom stereocenters. The lowest BCUT2D eigenvalue weighted by atomic mass is 10.1. The van der Waals surface area contributed by atoms with Crippen LogP contribution < -0.4 is 19.5 Å². The summed E-state index contributed by atoms with van der Waals surface area (Å²) < 4.78 is 44.0. The molecule has 182 valence electrons. The summed E-state index contributed by atoms with van der Waals surface area (Å²) in [5.74, 6) is 0.921. The Hall–Kier alpha value is -2.78. The smallest absolute Gasteiger partial charge is 0.259 e. The zero-order chi connectivity index (χ0) is 24.4. The summed E-state index contributed by atoms with van der Waals surface area (Å²) in [6, 6.07) is 9.43. The van der Waals surface area contributed by atoms with Crippen molar-refractivity contribution in [1.29, 1.82) is 0 Å². The second-order valence-corrected chi connectivity index (χ2v) is 9.20. The number of nitrogens with one attached hydrogen (secondary N) is 1. The lowest BCUT2D eigenvalue weighted by molar-refractivity contribution is 0.102. The minimum absolute atomic E-state index is 0.0347. The van der Waals surface area contributed by atoms with Crippen LogP contribution in [-0.4, -0.2) is 52.0 Å². The van der Waals surface area contributed by atoms with E-state index in [9.17, 15) is 13.2 Å². The second kappa shape index (κ2) is 12.5. The molecule has 1 amide bonds. The molecule has 0 aliphatic carbocycles. The highest BCUT2D eigenvalue weighted by Gasteiger charge is 2.24. The number of amides is 1. The van der Waals surface area contributed by atoms with E-state index in [0.717, 1.165) is 12.8 Å². The molecule has 0 aliphatic heterocycles. The second-order valence-electron chi connectivity index (χ2n) is 7.26. The van der Waals surface area contributed by atoms with E-state index in [1.54, 1.807) is 32.0 Å². The Morgan fingerprint density at radius 3 is 2.06 bits per heavy atom. The molecule has 2 aromatic rings. The van der Waals surface area contributed by atoms with Crippen LogP contribution in [0.15, 0.2) is 41.3 Å². The van der Waals surface area contributed by atoms with Crippen molar-refractivity contribution in [3.05, 3.63) is 42.0 Å². The van der Waals surface area contributed by atoms with Gasteiger partial charge < -0.3 is 19.5 Å². The first-order valence-electron chi connectivity index (χ1n) is 11.2. The van der Waals surface area contributed by atoms with Gasteiger partial charge in [-0.15, -0.1) is 0 Å². The lowest BCUT2D eigenvalue weighted by Gasteiger charge is -2.19. The molecule has 0 aromatic heterocycles. The summed E-state index contributed by atoms with van der Waals surface area (Å²) in [5.41, 5.74) is 0.613. The minimum Gasteiger partial charge on any atom is -0.496 e. The molecular weight excluding hydrogens is 444 g/mol. The Kier molecular flexibility index (Phi) is 9.99. The molecule has 8 nitrogen and oxygen atoms in total. The van der Waals surface area contributed by atoms with E-state index in [2.05, 4.69) is 5.32 Å². The maximum absolute atomic E-state index is 13.1. The largest absolute Gasteiger partial charge is 0.496 e. The van der Waals surface area contributed by atoms with Gasteiger partial charge in [-0.3, -0.25) is 4.79 Å². The van der Waals surface area contributed by atoms with Crippen molar-refractivity contribution < 1.29 is 27.4 Å².